The number of carbonyl (C=O) groups excluding carboxylic acids is 2. The second-order valence-corrected chi connectivity index (χ2v) is 10.4. The molecule has 4 N–H and O–H groups in total. The van der Waals surface area contributed by atoms with E-state index in [1.54, 1.807) is 41.3 Å². The Labute approximate surface area is 228 Å². The van der Waals surface area contributed by atoms with Gasteiger partial charge in [-0.05, 0) is 54.2 Å². The van der Waals surface area contributed by atoms with Crippen molar-refractivity contribution in [2.24, 2.45) is 5.73 Å². The highest BCUT2D eigenvalue weighted by Crippen LogP contribution is 2.47. The predicted octanol–water partition coefficient (Wildman–Crippen LogP) is 5.16. The van der Waals surface area contributed by atoms with E-state index in [1.807, 2.05) is 18.2 Å². The number of amides is 2. The molecule has 196 valence electrons. The molecule has 1 aliphatic carbocycles. The van der Waals surface area contributed by atoms with E-state index in [0.717, 1.165) is 18.4 Å². The van der Waals surface area contributed by atoms with Gasteiger partial charge in [-0.3, -0.25) is 9.59 Å². The van der Waals surface area contributed by atoms with Gasteiger partial charge >= 0.3 is 0 Å². The number of nitrogens with one attached hydrogen (secondary N) is 1. The van der Waals surface area contributed by atoms with Crippen molar-refractivity contribution in [1.82, 2.24) is 10.2 Å². The lowest BCUT2D eigenvalue weighted by atomic mass is 9.76. The van der Waals surface area contributed by atoms with E-state index in [0.29, 0.717) is 59.1 Å². The maximum atomic E-state index is 14.0. The topological polar surface area (TPSA) is 95.7 Å². The van der Waals surface area contributed by atoms with Crippen LogP contribution in [-0.2, 0) is 4.79 Å². The predicted molar refractivity (Wildman–Crippen MR) is 148 cm³/mol. The third-order valence-electron chi connectivity index (χ3n) is 7.35. The first-order chi connectivity index (χ1) is 17.9. The van der Waals surface area contributed by atoms with Gasteiger partial charge in [0.2, 0.25) is 5.91 Å². The Morgan fingerprint density at radius 3 is 2.62 bits per heavy atom. The molecule has 2 aliphatic rings. The molecule has 0 bridgehead atoms. The van der Waals surface area contributed by atoms with Gasteiger partial charge in [0, 0.05) is 28.7 Å². The Morgan fingerprint density at radius 1 is 1.16 bits per heavy atom. The third kappa shape index (κ3) is 5.78. The molecule has 0 unspecified atom stereocenters. The summed E-state index contributed by atoms with van der Waals surface area (Å²) >= 11 is 12.9. The van der Waals surface area contributed by atoms with Gasteiger partial charge in [-0.25, -0.2) is 0 Å². The zero-order valence-corrected chi connectivity index (χ0v) is 22.2. The van der Waals surface area contributed by atoms with Crippen molar-refractivity contribution in [2.75, 3.05) is 13.1 Å². The summed E-state index contributed by atoms with van der Waals surface area (Å²) in [4.78, 5) is 29.6. The smallest absolute Gasteiger partial charge is 0.255 e. The molecule has 2 aromatic carbocycles. The number of aliphatic hydroxyl groups excluding tert-OH is 1. The van der Waals surface area contributed by atoms with Crippen LogP contribution in [0.1, 0.15) is 65.5 Å². The molecule has 2 aromatic rings. The van der Waals surface area contributed by atoms with Crippen LogP contribution in [0, 0.1) is 0 Å². The minimum Gasteiger partial charge on any atom is -0.391 e. The van der Waals surface area contributed by atoms with Crippen LogP contribution in [0.5, 0.6) is 0 Å². The minimum absolute atomic E-state index is 0.207. The number of carbonyl (C=O) groups is 2. The fraction of sp³-hybridized carbons (Fsp3) is 0.379. The summed E-state index contributed by atoms with van der Waals surface area (Å²) < 4.78 is 0. The molecule has 1 fully saturated rings. The van der Waals surface area contributed by atoms with Crippen LogP contribution in [0.2, 0.25) is 10.0 Å². The first-order valence-corrected chi connectivity index (χ1v) is 13.5. The molecule has 1 saturated carbocycles. The van der Waals surface area contributed by atoms with Gasteiger partial charge in [0.25, 0.3) is 5.91 Å². The SMILES string of the molecule is C=C/C(=C\CN)CCNC(=O)[C@@H]1c2ccccc2C(=O)N([C@H]2CCCC[C@@H]2O)[C@H]1c1ccc(Cl)cc1Cl. The second kappa shape index (κ2) is 12.3. The van der Waals surface area contributed by atoms with Crippen molar-refractivity contribution in [1.29, 1.82) is 0 Å². The van der Waals surface area contributed by atoms with Crippen molar-refractivity contribution in [3.8, 4) is 0 Å². The zero-order chi connectivity index (χ0) is 26.5. The molecule has 0 saturated heterocycles. The molecular weight excluding hydrogens is 509 g/mol. The number of fused-ring (bicyclic) bond motifs is 1. The molecule has 1 heterocycles. The van der Waals surface area contributed by atoms with E-state index in [4.69, 9.17) is 28.9 Å². The Bertz CT molecular complexity index is 1200. The number of benzene rings is 2. The van der Waals surface area contributed by atoms with Gasteiger partial charge < -0.3 is 21.1 Å². The highest BCUT2D eigenvalue weighted by atomic mass is 35.5. The summed E-state index contributed by atoms with van der Waals surface area (Å²) in [5.74, 6) is -1.16. The average Bonchev–Trinajstić information content (AvgIpc) is 2.89. The summed E-state index contributed by atoms with van der Waals surface area (Å²) in [6, 6.07) is 11.2. The van der Waals surface area contributed by atoms with Gasteiger partial charge in [-0.1, -0.05) is 79.0 Å². The first kappa shape index (κ1) is 27.4. The number of nitrogens with two attached hydrogens (primary N) is 1. The van der Waals surface area contributed by atoms with E-state index in [9.17, 15) is 14.7 Å². The second-order valence-electron chi connectivity index (χ2n) is 9.57. The number of rotatable bonds is 8. The number of hydrogen-bond donors (Lipinski definition) is 3. The van der Waals surface area contributed by atoms with E-state index in [2.05, 4.69) is 11.9 Å². The van der Waals surface area contributed by atoms with Crippen LogP contribution in [0.25, 0.3) is 0 Å². The highest BCUT2D eigenvalue weighted by molar-refractivity contribution is 6.35. The molecule has 0 spiro atoms. The lowest BCUT2D eigenvalue weighted by Gasteiger charge is -2.48. The maximum Gasteiger partial charge on any atom is 0.255 e. The largest absolute Gasteiger partial charge is 0.391 e. The van der Waals surface area contributed by atoms with Gasteiger partial charge in [-0.2, -0.15) is 0 Å². The van der Waals surface area contributed by atoms with Crippen LogP contribution in [-0.4, -0.2) is 47.1 Å². The monoisotopic (exact) mass is 541 g/mol. The fourth-order valence-electron chi connectivity index (χ4n) is 5.57. The van der Waals surface area contributed by atoms with E-state index >= 15 is 0 Å². The Morgan fingerprint density at radius 2 is 1.92 bits per heavy atom. The van der Waals surface area contributed by atoms with Gasteiger partial charge in [-0.15, -0.1) is 0 Å². The molecule has 4 atom stereocenters. The number of nitrogens with zero attached hydrogens (tertiary/aromatic N) is 1. The van der Waals surface area contributed by atoms with Crippen molar-refractivity contribution in [3.05, 3.63) is 93.5 Å². The lowest BCUT2D eigenvalue weighted by molar-refractivity contribution is -0.125. The van der Waals surface area contributed by atoms with E-state index in [1.165, 1.54) is 0 Å². The summed E-state index contributed by atoms with van der Waals surface area (Å²) in [6.07, 6.45) is 6.54. The van der Waals surface area contributed by atoms with Crippen LogP contribution in [0.15, 0.2) is 66.8 Å². The quantitative estimate of drug-likeness (QED) is 0.402. The molecular formula is C29H33Cl2N3O3. The maximum absolute atomic E-state index is 14.0. The van der Waals surface area contributed by atoms with Crippen LogP contribution in [0.3, 0.4) is 0 Å². The van der Waals surface area contributed by atoms with Crippen molar-refractivity contribution in [3.63, 3.8) is 0 Å². The van der Waals surface area contributed by atoms with Crippen molar-refractivity contribution < 1.29 is 14.7 Å². The standard InChI is InChI=1S/C29H33Cl2N3O3/c1-2-18(13-15-32)14-16-33-28(36)26-20-7-3-4-8-21(20)29(37)34(24-9-5-6-10-25(24)35)27(26)22-12-11-19(30)17-23(22)31/h2-4,7-8,11-13,17,24-27,35H,1,5-6,9-10,14-16,32H2,(H,33,36)/b18-13+/t24-,25-,26+,27-/m0/s1. The Kier molecular flexibility index (Phi) is 9.08. The molecule has 37 heavy (non-hydrogen) atoms. The first-order valence-electron chi connectivity index (χ1n) is 12.7. The van der Waals surface area contributed by atoms with Gasteiger partial charge in [0.15, 0.2) is 0 Å². The molecule has 0 aromatic heterocycles. The highest BCUT2D eigenvalue weighted by Gasteiger charge is 2.48. The summed E-state index contributed by atoms with van der Waals surface area (Å²) in [5, 5.41) is 14.9. The molecule has 6 nitrogen and oxygen atoms in total. The molecule has 0 radical (unpaired) electrons. The number of aliphatic hydroxyl groups is 1. The van der Waals surface area contributed by atoms with Gasteiger partial charge in [0.1, 0.15) is 0 Å². The Balaban J connectivity index is 1.80. The number of halogens is 2. The fourth-order valence-corrected chi connectivity index (χ4v) is 6.09. The van der Waals surface area contributed by atoms with Crippen molar-refractivity contribution in [2.45, 2.75) is 56.2 Å². The zero-order valence-electron chi connectivity index (χ0n) is 20.7. The lowest BCUT2D eigenvalue weighted by Crippen LogP contribution is -2.55. The van der Waals surface area contributed by atoms with E-state index < -0.39 is 24.1 Å². The molecule has 8 heteroatoms. The summed E-state index contributed by atoms with van der Waals surface area (Å²) in [7, 11) is 0. The van der Waals surface area contributed by atoms with Crippen LogP contribution < -0.4 is 11.1 Å². The molecule has 2 amide bonds. The minimum atomic E-state index is -0.729. The Hall–Kier alpha value is -2.64. The normalized spacial score (nSPS) is 23.9. The van der Waals surface area contributed by atoms with Crippen LogP contribution in [0.4, 0.5) is 0 Å². The van der Waals surface area contributed by atoms with E-state index in [-0.39, 0.29) is 11.8 Å². The number of allylic oxidation sites excluding steroid dienone is 1. The third-order valence-corrected chi connectivity index (χ3v) is 7.91. The molecule has 1 aliphatic heterocycles. The molecule has 4 rings (SSSR count). The summed E-state index contributed by atoms with van der Waals surface area (Å²) in [6.45, 7) is 4.59. The van der Waals surface area contributed by atoms with Crippen molar-refractivity contribution >= 4 is 35.0 Å². The summed E-state index contributed by atoms with van der Waals surface area (Å²) in [5.41, 5.74) is 8.32. The van der Waals surface area contributed by atoms with Crippen LogP contribution >= 0.6 is 23.2 Å². The average molecular weight is 543 g/mol. The van der Waals surface area contributed by atoms with Gasteiger partial charge in [0.05, 0.1) is 24.1 Å². The number of hydrogen-bond acceptors (Lipinski definition) is 4.